The van der Waals surface area contributed by atoms with Gasteiger partial charge >= 0.3 is 0 Å². The van der Waals surface area contributed by atoms with E-state index in [1.54, 1.807) is 0 Å². The summed E-state index contributed by atoms with van der Waals surface area (Å²) in [5, 5.41) is 1.56. The summed E-state index contributed by atoms with van der Waals surface area (Å²) in [6.07, 6.45) is 0. The number of carbonyl (C=O) groups is 1. The molecule has 0 unspecified atom stereocenters. The number of aromatic nitrogens is 1. The van der Waals surface area contributed by atoms with Crippen molar-refractivity contribution in [2.75, 3.05) is 26.2 Å². The second-order valence-electron chi connectivity index (χ2n) is 6.96. The Labute approximate surface area is 162 Å². The molecule has 1 aliphatic rings. The Hall–Kier alpha value is -2.37. The van der Waals surface area contributed by atoms with Gasteiger partial charge in [-0.15, -0.1) is 0 Å². The number of benzene rings is 2. The Kier molecular flexibility index (Phi) is 4.89. The van der Waals surface area contributed by atoms with Crippen LogP contribution in [-0.2, 0) is 13.6 Å². The van der Waals surface area contributed by atoms with Gasteiger partial charge in [-0.3, -0.25) is 9.69 Å². The van der Waals surface area contributed by atoms with Crippen LogP contribution < -0.4 is 0 Å². The van der Waals surface area contributed by atoms with Crippen LogP contribution in [0.4, 0.5) is 4.39 Å². The lowest BCUT2D eigenvalue weighted by Gasteiger charge is -2.34. The van der Waals surface area contributed by atoms with Crippen LogP contribution in [0, 0.1) is 5.82 Å². The van der Waals surface area contributed by atoms with E-state index in [1.165, 1.54) is 12.1 Å². The van der Waals surface area contributed by atoms with Crippen LogP contribution >= 0.6 is 11.6 Å². The third-order valence-electron chi connectivity index (χ3n) is 5.23. The van der Waals surface area contributed by atoms with Gasteiger partial charge in [0.05, 0.1) is 0 Å². The molecule has 1 aliphatic heterocycles. The third-order valence-corrected chi connectivity index (χ3v) is 5.56. The number of hydrogen-bond donors (Lipinski definition) is 0. The van der Waals surface area contributed by atoms with Crippen molar-refractivity contribution >= 4 is 28.4 Å². The average Bonchev–Trinajstić information content (AvgIpc) is 3.02. The molecule has 0 atom stereocenters. The first-order valence-corrected chi connectivity index (χ1v) is 9.41. The first-order valence-electron chi connectivity index (χ1n) is 9.03. The maximum Gasteiger partial charge on any atom is 0.270 e. The van der Waals surface area contributed by atoms with Gasteiger partial charge in [0, 0.05) is 55.7 Å². The first kappa shape index (κ1) is 18.0. The predicted molar refractivity (Wildman–Crippen MR) is 106 cm³/mol. The highest BCUT2D eigenvalue weighted by molar-refractivity contribution is 6.35. The summed E-state index contributed by atoms with van der Waals surface area (Å²) in [4.78, 5) is 17.2. The minimum Gasteiger partial charge on any atom is -0.340 e. The molecule has 0 saturated carbocycles. The van der Waals surface area contributed by atoms with Crippen molar-refractivity contribution < 1.29 is 9.18 Å². The Morgan fingerprint density at radius 1 is 1.07 bits per heavy atom. The number of aryl methyl sites for hydroxylation is 1. The molecule has 1 aromatic heterocycles. The lowest BCUT2D eigenvalue weighted by atomic mass is 10.2. The zero-order chi connectivity index (χ0) is 19.0. The monoisotopic (exact) mass is 385 g/mol. The molecule has 0 aliphatic carbocycles. The molecule has 0 N–H and O–H groups in total. The Bertz CT molecular complexity index is 975. The number of nitrogens with zero attached hydrogens (tertiary/aromatic N) is 3. The zero-order valence-corrected chi connectivity index (χ0v) is 15.9. The maximum absolute atomic E-state index is 13.0. The summed E-state index contributed by atoms with van der Waals surface area (Å²) in [6, 6.07) is 14.2. The SMILES string of the molecule is Cn1c(C(=O)N2CCN(Cc3ccc(F)cc3)CC2)cc2c(Cl)cccc21. The molecule has 140 valence electrons. The molecule has 4 rings (SSSR count). The van der Waals surface area contributed by atoms with E-state index in [9.17, 15) is 9.18 Å². The lowest BCUT2D eigenvalue weighted by molar-refractivity contribution is 0.0619. The van der Waals surface area contributed by atoms with Gasteiger partial charge in [0.25, 0.3) is 5.91 Å². The van der Waals surface area contributed by atoms with Crippen molar-refractivity contribution in [2.24, 2.45) is 7.05 Å². The summed E-state index contributed by atoms with van der Waals surface area (Å²) in [7, 11) is 1.90. The van der Waals surface area contributed by atoms with Gasteiger partial charge in [0.2, 0.25) is 0 Å². The van der Waals surface area contributed by atoms with E-state index in [-0.39, 0.29) is 11.7 Å². The summed E-state index contributed by atoms with van der Waals surface area (Å²) >= 11 is 6.27. The molecule has 0 spiro atoms. The van der Waals surface area contributed by atoms with E-state index in [0.29, 0.717) is 23.8 Å². The van der Waals surface area contributed by atoms with Crippen molar-refractivity contribution in [3.63, 3.8) is 0 Å². The fourth-order valence-corrected chi connectivity index (χ4v) is 3.87. The van der Waals surface area contributed by atoms with Crippen LogP contribution in [-0.4, -0.2) is 46.5 Å². The highest BCUT2D eigenvalue weighted by Gasteiger charge is 2.25. The number of piperazine rings is 1. The molecule has 0 radical (unpaired) electrons. The molecular weight excluding hydrogens is 365 g/mol. The average molecular weight is 386 g/mol. The van der Waals surface area contributed by atoms with Gasteiger partial charge in [-0.25, -0.2) is 4.39 Å². The molecule has 2 heterocycles. The highest BCUT2D eigenvalue weighted by Crippen LogP contribution is 2.27. The van der Waals surface area contributed by atoms with Crippen LogP contribution in [0.5, 0.6) is 0 Å². The predicted octanol–water partition coefficient (Wildman–Crippen LogP) is 3.93. The first-order chi connectivity index (χ1) is 13.0. The van der Waals surface area contributed by atoms with Gasteiger partial charge in [-0.1, -0.05) is 29.8 Å². The molecule has 1 saturated heterocycles. The standard InChI is InChI=1S/C21H21ClFN3O/c1-24-19-4-2-3-18(22)17(19)13-20(24)21(27)26-11-9-25(10-12-26)14-15-5-7-16(23)8-6-15/h2-8,13H,9-12,14H2,1H3. The summed E-state index contributed by atoms with van der Waals surface area (Å²) in [6.45, 7) is 3.72. The normalized spacial score (nSPS) is 15.4. The minimum absolute atomic E-state index is 0.0335. The van der Waals surface area contributed by atoms with Crippen LogP contribution in [0.3, 0.4) is 0 Å². The van der Waals surface area contributed by atoms with Gasteiger partial charge in [-0.2, -0.15) is 0 Å². The highest BCUT2D eigenvalue weighted by atomic mass is 35.5. The summed E-state index contributed by atoms with van der Waals surface area (Å²) in [5.41, 5.74) is 2.70. The van der Waals surface area contributed by atoms with E-state index in [2.05, 4.69) is 4.90 Å². The number of rotatable bonds is 3. The maximum atomic E-state index is 13.0. The third kappa shape index (κ3) is 3.57. The minimum atomic E-state index is -0.218. The largest absolute Gasteiger partial charge is 0.340 e. The van der Waals surface area contributed by atoms with E-state index in [0.717, 1.165) is 36.1 Å². The van der Waals surface area contributed by atoms with Crippen molar-refractivity contribution in [1.82, 2.24) is 14.4 Å². The van der Waals surface area contributed by atoms with Gasteiger partial charge in [0.15, 0.2) is 0 Å². The van der Waals surface area contributed by atoms with Crippen molar-refractivity contribution in [3.05, 3.63) is 70.6 Å². The van der Waals surface area contributed by atoms with Crippen molar-refractivity contribution in [3.8, 4) is 0 Å². The molecular formula is C21H21ClFN3O. The number of halogens is 2. The van der Waals surface area contributed by atoms with Gasteiger partial charge < -0.3 is 9.47 Å². The lowest BCUT2D eigenvalue weighted by Crippen LogP contribution is -2.48. The summed E-state index contributed by atoms with van der Waals surface area (Å²) < 4.78 is 14.9. The van der Waals surface area contributed by atoms with Gasteiger partial charge in [0.1, 0.15) is 11.5 Å². The number of hydrogen-bond acceptors (Lipinski definition) is 2. The number of fused-ring (bicyclic) bond motifs is 1. The molecule has 1 amide bonds. The van der Waals surface area contributed by atoms with E-state index >= 15 is 0 Å². The van der Waals surface area contributed by atoms with Gasteiger partial charge in [-0.05, 0) is 35.9 Å². The van der Waals surface area contributed by atoms with E-state index in [4.69, 9.17) is 11.6 Å². The van der Waals surface area contributed by atoms with E-state index in [1.807, 2.05) is 52.9 Å². The quantitative estimate of drug-likeness (QED) is 0.683. The molecule has 3 aromatic rings. The topological polar surface area (TPSA) is 28.5 Å². The second-order valence-corrected chi connectivity index (χ2v) is 7.36. The Morgan fingerprint density at radius 2 is 1.78 bits per heavy atom. The Morgan fingerprint density at radius 3 is 2.44 bits per heavy atom. The fourth-order valence-electron chi connectivity index (χ4n) is 3.65. The van der Waals surface area contributed by atoms with Crippen molar-refractivity contribution in [2.45, 2.75) is 6.54 Å². The molecule has 2 aromatic carbocycles. The van der Waals surface area contributed by atoms with E-state index < -0.39 is 0 Å². The Balaban J connectivity index is 1.44. The molecule has 0 bridgehead atoms. The summed E-state index contributed by atoms with van der Waals surface area (Å²) in [5.74, 6) is -0.185. The molecule has 1 fully saturated rings. The second kappa shape index (κ2) is 7.33. The fraction of sp³-hybridized carbons (Fsp3) is 0.286. The molecule has 4 nitrogen and oxygen atoms in total. The molecule has 27 heavy (non-hydrogen) atoms. The van der Waals surface area contributed by atoms with Crippen LogP contribution in [0.2, 0.25) is 5.02 Å². The van der Waals surface area contributed by atoms with Crippen LogP contribution in [0.1, 0.15) is 16.1 Å². The smallest absolute Gasteiger partial charge is 0.270 e. The van der Waals surface area contributed by atoms with Crippen LogP contribution in [0.25, 0.3) is 10.9 Å². The molecule has 6 heteroatoms. The zero-order valence-electron chi connectivity index (χ0n) is 15.2. The number of carbonyl (C=O) groups excluding carboxylic acids is 1. The van der Waals surface area contributed by atoms with Crippen molar-refractivity contribution in [1.29, 1.82) is 0 Å². The van der Waals surface area contributed by atoms with Crippen LogP contribution in [0.15, 0.2) is 48.5 Å². The number of amides is 1.